The lowest BCUT2D eigenvalue weighted by molar-refractivity contribution is 0.568. The Balaban J connectivity index is 1.08. The summed E-state index contributed by atoms with van der Waals surface area (Å²) in [5.74, 6) is -0.404. The molecule has 17 rings (SSSR count). The van der Waals surface area contributed by atoms with Crippen molar-refractivity contribution in [3.8, 4) is 68.0 Å². The lowest BCUT2D eigenvalue weighted by Gasteiger charge is -2.45. The van der Waals surface area contributed by atoms with Gasteiger partial charge in [0.2, 0.25) is 6.71 Å². The predicted molar refractivity (Wildman–Crippen MR) is 453 cm³/mol. The average Bonchev–Trinajstić information content (AvgIpc) is 0.907. The molecule has 522 valence electrons. The van der Waals surface area contributed by atoms with Crippen LogP contribution in [0.2, 0.25) is 0 Å². The summed E-state index contributed by atoms with van der Waals surface area (Å²) in [6.45, 7) is 34.9. The van der Waals surface area contributed by atoms with Gasteiger partial charge in [-0.2, -0.15) is 10.5 Å². The van der Waals surface area contributed by atoms with Gasteiger partial charge in [-0.05, 0) is 195 Å². The number of hydrogen-bond donors (Lipinski definition) is 0. The normalized spacial score (nSPS) is 13.8. The third-order valence-corrected chi connectivity index (χ3v) is 23.0. The Kier molecular flexibility index (Phi) is 16.0. The first-order valence-corrected chi connectivity index (χ1v) is 38.0. The van der Waals surface area contributed by atoms with Gasteiger partial charge in [0, 0.05) is 61.3 Å². The minimum atomic E-state index is -0.404. The van der Waals surface area contributed by atoms with E-state index in [2.05, 4.69) is 379 Å². The Morgan fingerprint density at radius 2 is 0.682 bits per heavy atom. The largest absolute Gasteiger partial charge is 0.310 e. The fraction of sp³-hybridized carbons (Fsp3) is 0.208. The van der Waals surface area contributed by atoms with Crippen LogP contribution in [-0.2, 0) is 27.1 Å². The molecule has 107 heavy (non-hydrogen) atoms. The van der Waals surface area contributed by atoms with Crippen molar-refractivity contribution in [3.63, 3.8) is 0 Å². The van der Waals surface area contributed by atoms with Crippen molar-refractivity contribution in [2.75, 3.05) is 4.90 Å². The molecule has 0 radical (unpaired) electrons. The van der Waals surface area contributed by atoms with E-state index in [0.717, 1.165) is 95.0 Å². The van der Waals surface area contributed by atoms with Crippen molar-refractivity contribution in [1.29, 1.82) is 10.5 Å². The molecule has 0 aliphatic carbocycles. The van der Waals surface area contributed by atoms with Gasteiger partial charge < -0.3 is 14.0 Å². The van der Waals surface area contributed by atoms with Gasteiger partial charge in [0.15, 0.2) is 0 Å². The first-order valence-electron chi connectivity index (χ1n) is 38.0. The van der Waals surface area contributed by atoms with Crippen LogP contribution in [0.4, 0.5) is 17.1 Å². The average molecular weight is 1380 g/mol. The van der Waals surface area contributed by atoms with Crippen LogP contribution in [0, 0.1) is 22.7 Å². The maximum absolute atomic E-state index is 10.9. The Morgan fingerprint density at radius 1 is 0.308 bits per heavy atom. The van der Waals surface area contributed by atoms with Gasteiger partial charge in [-0.1, -0.05) is 297 Å². The molecule has 0 saturated heterocycles. The van der Waals surface area contributed by atoms with Crippen LogP contribution in [0.25, 0.3) is 99.5 Å². The first kappa shape index (κ1) is 68.4. The van der Waals surface area contributed by atoms with E-state index in [0.29, 0.717) is 11.1 Å². The summed E-state index contributed by atoms with van der Waals surface area (Å²) in [5, 5.41) is 26.6. The van der Waals surface area contributed by atoms with Gasteiger partial charge in [-0.3, -0.25) is 0 Å². The van der Waals surface area contributed by atoms with Crippen molar-refractivity contribution >= 4 is 83.8 Å². The van der Waals surface area contributed by atoms with Gasteiger partial charge in [0.05, 0.1) is 51.0 Å². The number of fused-ring (bicyclic) bond motifs is 10. The number of nitriles is 2. The molecule has 2 aliphatic rings. The summed E-state index contributed by atoms with van der Waals surface area (Å²) in [6.07, 6.45) is 0. The number of para-hydroxylation sites is 5. The maximum atomic E-state index is 10.9. The highest BCUT2D eigenvalue weighted by Gasteiger charge is 2.47. The first-order chi connectivity index (χ1) is 51.1. The van der Waals surface area contributed by atoms with Crippen LogP contribution < -0.4 is 21.3 Å². The number of rotatable bonds is 8. The third-order valence-electron chi connectivity index (χ3n) is 23.0. The zero-order chi connectivity index (χ0) is 74.5. The van der Waals surface area contributed by atoms with Crippen molar-refractivity contribution in [1.82, 2.24) is 9.13 Å². The van der Waals surface area contributed by atoms with Crippen LogP contribution in [0.5, 0.6) is 0 Å². The molecular formula is C101H90BN5. The summed E-state index contributed by atoms with van der Waals surface area (Å²) >= 11 is 0. The van der Waals surface area contributed by atoms with Gasteiger partial charge >= 0.3 is 0 Å². The van der Waals surface area contributed by atoms with Crippen LogP contribution in [0.3, 0.4) is 0 Å². The van der Waals surface area contributed by atoms with E-state index in [1.54, 1.807) is 0 Å². The molecule has 1 atom stereocenters. The van der Waals surface area contributed by atoms with E-state index in [1.807, 2.05) is 18.2 Å². The standard InChI is InChI=1S/C101H90BN5/c1-97(2,3)68-50-66(51-69(54-68)98(4,5)6)76-37-26-36-75(64-30-24-28-62(48-64)60-103)93(76)94-83-58-73(105-87-40-20-16-32-79(87)80-33-17-21-41-88(80)105)44-46-85(83)102-86-47-45-74(106-89-42-22-18-34-81(89)82-35-19-23-43-90(82)106)59-91(86)107(92-57-72(101(13,14)15)56-84(94)95(92)102)96-77(65-31-25-29-63(49-65)61-104)38-27-39-78(96)67-52-70(99(7,8)9)55-71(53-67)100(10,11)12/h16-59,94H,1-15H3. The fourth-order valence-corrected chi connectivity index (χ4v) is 17.3. The summed E-state index contributed by atoms with van der Waals surface area (Å²) in [4.78, 5) is 2.68. The zero-order valence-corrected chi connectivity index (χ0v) is 64.3. The molecule has 0 bridgehead atoms. The summed E-state index contributed by atoms with van der Waals surface area (Å²) < 4.78 is 4.97. The number of nitrogens with zero attached hydrogens (tertiary/aromatic N) is 5. The molecule has 0 N–H and O–H groups in total. The van der Waals surface area contributed by atoms with Crippen LogP contribution >= 0.6 is 0 Å². The molecule has 15 aromatic rings. The highest BCUT2D eigenvalue weighted by molar-refractivity contribution is 6.99. The van der Waals surface area contributed by atoms with E-state index in [4.69, 9.17) is 0 Å². The van der Waals surface area contributed by atoms with Crippen molar-refractivity contribution in [2.24, 2.45) is 0 Å². The topological polar surface area (TPSA) is 60.7 Å². The summed E-state index contributed by atoms with van der Waals surface area (Å²) in [6, 6.07) is 106. The van der Waals surface area contributed by atoms with Gasteiger partial charge in [0.1, 0.15) is 0 Å². The van der Waals surface area contributed by atoms with E-state index >= 15 is 0 Å². The molecule has 6 heteroatoms. The Hall–Kier alpha value is -11.7. The SMILES string of the molecule is CC(C)(C)c1cc(-c2cccc(-c3cccc(C#N)c3)c2C2c3cc(-n4c5ccccc5c5ccccc54)ccc3B3c4ccc(-n5c6ccccc6c6ccccc65)cc4N(c4c(-c5cccc(C#N)c5)cccc4-c4cc(C(C)(C)C)cc(C(C)(C)C)c4)c4cc(C(C)(C)C)cc2c43)cc(C(C)(C)C)c1. The van der Waals surface area contributed by atoms with Gasteiger partial charge in [-0.25, -0.2) is 0 Å². The van der Waals surface area contributed by atoms with E-state index in [9.17, 15) is 10.5 Å². The molecular weight excluding hydrogens is 1290 g/mol. The van der Waals surface area contributed by atoms with E-state index in [1.165, 1.54) is 82.4 Å². The molecule has 0 fully saturated rings. The minimum Gasteiger partial charge on any atom is -0.310 e. The molecule has 2 aliphatic heterocycles. The lowest BCUT2D eigenvalue weighted by atomic mass is 9.31. The van der Waals surface area contributed by atoms with Crippen molar-refractivity contribution in [3.05, 3.63) is 323 Å². The summed E-state index contributed by atoms with van der Waals surface area (Å²) in [7, 11) is 0. The highest BCUT2D eigenvalue weighted by Crippen LogP contribution is 2.54. The van der Waals surface area contributed by atoms with Crippen LogP contribution in [0.15, 0.2) is 267 Å². The highest BCUT2D eigenvalue weighted by atomic mass is 15.2. The molecule has 0 spiro atoms. The smallest absolute Gasteiger partial charge is 0.247 e. The van der Waals surface area contributed by atoms with Gasteiger partial charge in [0.25, 0.3) is 0 Å². The number of hydrogen-bond acceptors (Lipinski definition) is 3. The van der Waals surface area contributed by atoms with Crippen LogP contribution in [0.1, 0.15) is 165 Å². The maximum Gasteiger partial charge on any atom is 0.247 e. The lowest BCUT2D eigenvalue weighted by Crippen LogP contribution is -2.62. The molecule has 5 nitrogen and oxygen atoms in total. The van der Waals surface area contributed by atoms with E-state index < -0.39 is 5.92 Å². The zero-order valence-electron chi connectivity index (χ0n) is 64.3. The number of anilines is 3. The monoisotopic (exact) mass is 1380 g/mol. The molecule has 4 heterocycles. The van der Waals surface area contributed by atoms with Crippen LogP contribution in [-0.4, -0.2) is 15.8 Å². The number of benzene rings is 13. The molecule has 13 aromatic carbocycles. The quantitative estimate of drug-likeness (QED) is 0.142. The molecule has 2 aromatic heterocycles. The van der Waals surface area contributed by atoms with Crippen molar-refractivity contribution in [2.45, 2.75) is 137 Å². The van der Waals surface area contributed by atoms with E-state index in [-0.39, 0.29) is 33.8 Å². The molecule has 0 saturated carbocycles. The summed E-state index contributed by atoms with van der Waals surface area (Å²) in [5.41, 5.74) is 32.2. The molecule has 1 unspecified atom stereocenters. The minimum absolute atomic E-state index is 0.178. The second-order valence-corrected chi connectivity index (χ2v) is 35.2. The van der Waals surface area contributed by atoms with Crippen molar-refractivity contribution < 1.29 is 0 Å². The second-order valence-electron chi connectivity index (χ2n) is 35.2. The predicted octanol–water partition coefficient (Wildman–Crippen LogP) is 24.6. The van der Waals surface area contributed by atoms with Gasteiger partial charge in [-0.15, -0.1) is 0 Å². The Morgan fingerprint density at radius 3 is 1.13 bits per heavy atom. The molecule has 0 amide bonds. The fourth-order valence-electron chi connectivity index (χ4n) is 17.3. The third kappa shape index (κ3) is 11.5. The number of aromatic nitrogens is 2. The second kappa shape index (κ2) is 25.0. The Labute approximate surface area is 631 Å². The Bertz CT molecular complexity index is 5730.